The van der Waals surface area contributed by atoms with Crippen LogP contribution in [0.3, 0.4) is 0 Å². The predicted octanol–water partition coefficient (Wildman–Crippen LogP) is 0.870. The molecule has 1 heterocycles. The van der Waals surface area contributed by atoms with Crippen molar-refractivity contribution in [3.8, 4) is 0 Å². The van der Waals surface area contributed by atoms with Gasteiger partial charge in [0.2, 0.25) is 10.0 Å². The molecule has 1 aromatic rings. The van der Waals surface area contributed by atoms with E-state index < -0.39 is 10.0 Å². The van der Waals surface area contributed by atoms with Crippen LogP contribution in [0.25, 0.3) is 0 Å². The van der Waals surface area contributed by atoms with Crippen LogP contribution in [0.4, 0.5) is 0 Å². The maximum Gasteiger partial charge on any atom is 0.245 e. The summed E-state index contributed by atoms with van der Waals surface area (Å²) in [6, 6.07) is 1.41. The number of aromatic nitrogens is 1. The van der Waals surface area contributed by atoms with Crippen molar-refractivity contribution in [3.05, 3.63) is 43.3 Å². The van der Waals surface area contributed by atoms with Gasteiger partial charge in [-0.2, -0.15) is 4.31 Å². The summed E-state index contributed by atoms with van der Waals surface area (Å²) >= 11 is 0. The second-order valence-corrected chi connectivity index (χ2v) is 5.36. The second-order valence-electron chi connectivity index (χ2n) is 3.42. The lowest BCUT2D eigenvalue weighted by molar-refractivity contribution is 0.277. The molecule has 2 N–H and O–H groups in total. The third-order valence-electron chi connectivity index (χ3n) is 2.19. The molecule has 0 aliphatic rings. The van der Waals surface area contributed by atoms with Crippen LogP contribution < -0.4 is 0 Å². The van der Waals surface area contributed by atoms with Gasteiger partial charge in [0.1, 0.15) is 0 Å². The number of hydrogen-bond acceptors (Lipinski definition) is 3. The molecule has 0 aromatic carbocycles. The highest BCUT2D eigenvalue weighted by atomic mass is 32.2. The van der Waals surface area contributed by atoms with Crippen LogP contribution in [0.5, 0.6) is 0 Å². The highest BCUT2D eigenvalue weighted by molar-refractivity contribution is 7.89. The molecule has 0 radical (unpaired) electrons. The fraction of sp³-hybridized carbons (Fsp3) is 0.273. The Morgan fingerprint density at radius 1 is 1.35 bits per heavy atom. The van der Waals surface area contributed by atoms with Crippen LogP contribution >= 0.6 is 0 Å². The molecule has 0 atom stereocenters. The minimum absolute atomic E-state index is 0.130. The molecule has 0 aliphatic heterocycles. The molecule has 94 valence electrons. The van der Waals surface area contributed by atoms with Gasteiger partial charge in [-0.1, -0.05) is 12.2 Å². The van der Waals surface area contributed by atoms with Crippen molar-refractivity contribution < 1.29 is 13.5 Å². The van der Waals surface area contributed by atoms with Crippen molar-refractivity contribution in [1.29, 1.82) is 0 Å². The third-order valence-corrected chi connectivity index (χ3v) is 4.00. The molecule has 0 saturated carbocycles. The van der Waals surface area contributed by atoms with Gasteiger partial charge in [-0.3, -0.25) is 0 Å². The van der Waals surface area contributed by atoms with E-state index in [2.05, 4.69) is 18.1 Å². The summed E-state index contributed by atoms with van der Waals surface area (Å²) < 4.78 is 25.6. The maximum atomic E-state index is 12.2. The van der Waals surface area contributed by atoms with E-state index in [0.29, 0.717) is 5.69 Å². The molecule has 1 rings (SSSR count). The SMILES string of the molecule is C=CCN(CC=C)S(=O)(=O)c1c[nH]c(CO)c1. The van der Waals surface area contributed by atoms with Gasteiger partial charge >= 0.3 is 0 Å². The Bertz CT molecular complexity index is 481. The van der Waals surface area contributed by atoms with Gasteiger partial charge in [-0.15, -0.1) is 13.2 Å². The highest BCUT2D eigenvalue weighted by Crippen LogP contribution is 2.16. The summed E-state index contributed by atoms with van der Waals surface area (Å²) in [7, 11) is -3.57. The first-order chi connectivity index (χ1) is 8.06. The van der Waals surface area contributed by atoms with E-state index in [1.54, 1.807) is 0 Å². The Hall–Kier alpha value is -1.37. The summed E-state index contributed by atoms with van der Waals surface area (Å²) in [4.78, 5) is 2.82. The maximum absolute atomic E-state index is 12.2. The third kappa shape index (κ3) is 3.06. The van der Waals surface area contributed by atoms with Gasteiger partial charge in [-0.05, 0) is 6.07 Å². The van der Waals surface area contributed by atoms with E-state index in [4.69, 9.17) is 5.11 Å². The molecule has 6 heteroatoms. The summed E-state index contributed by atoms with van der Waals surface area (Å²) in [6.45, 7) is 7.25. The number of nitrogens with zero attached hydrogens (tertiary/aromatic N) is 1. The van der Waals surface area contributed by atoms with Crippen LogP contribution in [0.1, 0.15) is 5.69 Å². The Morgan fingerprint density at radius 3 is 2.35 bits per heavy atom. The van der Waals surface area contributed by atoms with E-state index >= 15 is 0 Å². The van der Waals surface area contributed by atoms with Crippen molar-refractivity contribution in [2.45, 2.75) is 11.5 Å². The zero-order valence-electron chi connectivity index (χ0n) is 9.46. The van der Waals surface area contributed by atoms with Crippen LogP contribution in [-0.4, -0.2) is 35.9 Å². The number of sulfonamides is 1. The summed E-state index contributed by atoms with van der Waals surface area (Å²) in [5.41, 5.74) is 0.459. The molecule has 0 spiro atoms. The number of aliphatic hydroxyl groups is 1. The molecule has 0 saturated heterocycles. The molecule has 1 aromatic heterocycles. The van der Waals surface area contributed by atoms with E-state index in [-0.39, 0.29) is 24.6 Å². The topological polar surface area (TPSA) is 73.4 Å². The van der Waals surface area contributed by atoms with E-state index in [9.17, 15) is 8.42 Å². The first kappa shape index (κ1) is 13.7. The molecular weight excluding hydrogens is 240 g/mol. The molecule has 0 aliphatic carbocycles. The lowest BCUT2D eigenvalue weighted by atomic mass is 10.5. The average molecular weight is 256 g/mol. The molecule has 0 unspecified atom stereocenters. The first-order valence-corrected chi connectivity index (χ1v) is 6.50. The van der Waals surface area contributed by atoms with Crippen LogP contribution in [0.15, 0.2) is 42.5 Å². The minimum Gasteiger partial charge on any atom is -0.390 e. The zero-order chi connectivity index (χ0) is 12.9. The van der Waals surface area contributed by atoms with E-state index in [1.807, 2.05) is 0 Å². The Balaban J connectivity index is 3.05. The standard InChI is InChI=1S/C11H16N2O3S/c1-3-5-13(6-4-2)17(15,16)11-7-10(9-14)12-8-11/h3-4,7-8,12,14H,1-2,5-6,9H2. The molecule has 5 nitrogen and oxygen atoms in total. The van der Waals surface area contributed by atoms with Crippen LogP contribution in [0, 0.1) is 0 Å². The van der Waals surface area contributed by atoms with Gasteiger partial charge in [-0.25, -0.2) is 8.42 Å². The lowest BCUT2D eigenvalue weighted by Gasteiger charge is -2.17. The second kappa shape index (κ2) is 5.81. The summed E-state index contributed by atoms with van der Waals surface area (Å²) in [5, 5.41) is 8.89. The van der Waals surface area contributed by atoms with Gasteiger partial charge < -0.3 is 10.1 Å². The predicted molar refractivity (Wildman–Crippen MR) is 65.9 cm³/mol. The Morgan fingerprint density at radius 2 is 1.94 bits per heavy atom. The van der Waals surface area contributed by atoms with Gasteiger partial charge in [0.05, 0.1) is 11.5 Å². The lowest BCUT2D eigenvalue weighted by Crippen LogP contribution is -2.31. The Kier molecular flexibility index (Phi) is 4.68. The number of aromatic amines is 1. The quantitative estimate of drug-likeness (QED) is 0.711. The largest absolute Gasteiger partial charge is 0.390 e. The van der Waals surface area contributed by atoms with Crippen molar-refractivity contribution >= 4 is 10.0 Å². The van der Waals surface area contributed by atoms with Crippen molar-refractivity contribution in [2.24, 2.45) is 0 Å². The number of hydrogen-bond donors (Lipinski definition) is 2. The van der Waals surface area contributed by atoms with E-state index in [1.165, 1.54) is 28.7 Å². The van der Waals surface area contributed by atoms with Crippen LogP contribution in [-0.2, 0) is 16.6 Å². The van der Waals surface area contributed by atoms with Crippen molar-refractivity contribution in [2.75, 3.05) is 13.1 Å². The number of nitrogens with one attached hydrogen (secondary N) is 1. The van der Waals surface area contributed by atoms with E-state index in [0.717, 1.165) is 0 Å². The Labute approximate surface area is 101 Å². The van der Waals surface area contributed by atoms with Gasteiger partial charge in [0, 0.05) is 25.0 Å². The van der Waals surface area contributed by atoms with Crippen molar-refractivity contribution in [1.82, 2.24) is 9.29 Å². The van der Waals surface area contributed by atoms with Gasteiger partial charge in [0.15, 0.2) is 0 Å². The van der Waals surface area contributed by atoms with Gasteiger partial charge in [0.25, 0.3) is 0 Å². The fourth-order valence-corrected chi connectivity index (χ4v) is 2.77. The molecule has 0 amide bonds. The highest BCUT2D eigenvalue weighted by Gasteiger charge is 2.23. The molecular formula is C11H16N2O3S. The smallest absolute Gasteiger partial charge is 0.245 e. The first-order valence-electron chi connectivity index (χ1n) is 5.06. The number of H-pyrrole nitrogens is 1. The number of aliphatic hydroxyl groups excluding tert-OH is 1. The van der Waals surface area contributed by atoms with Crippen molar-refractivity contribution in [3.63, 3.8) is 0 Å². The minimum atomic E-state index is -3.57. The molecule has 0 bridgehead atoms. The zero-order valence-corrected chi connectivity index (χ0v) is 10.3. The summed E-state index contributed by atoms with van der Waals surface area (Å²) in [6.07, 6.45) is 4.39. The summed E-state index contributed by atoms with van der Waals surface area (Å²) in [5.74, 6) is 0. The fourth-order valence-electron chi connectivity index (χ4n) is 1.37. The van der Waals surface area contributed by atoms with Crippen LogP contribution in [0.2, 0.25) is 0 Å². The number of rotatable bonds is 7. The average Bonchev–Trinajstić information content (AvgIpc) is 2.78. The molecule has 17 heavy (non-hydrogen) atoms. The normalized spacial score (nSPS) is 11.6. The molecule has 0 fully saturated rings. The monoisotopic (exact) mass is 256 g/mol.